The summed E-state index contributed by atoms with van der Waals surface area (Å²) in [5, 5.41) is 15.5. The van der Waals surface area contributed by atoms with Gasteiger partial charge in [-0.3, -0.25) is 10.3 Å². The molecule has 0 N–H and O–H groups in total. The first-order valence-corrected chi connectivity index (χ1v) is 7.68. The molecule has 0 saturated heterocycles. The van der Waals surface area contributed by atoms with Gasteiger partial charge in [0.1, 0.15) is 17.9 Å². The van der Waals surface area contributed by atoms with Crippen LogP contribution in [0.2, 0.25) is 5.02 Å². The average Bonchev–Trinajstić information content (AvgIpc) is 3.08. The van der Waals surface area contributed by atoms with Crippen molar-refractivity contribution in [1.29, 1.82) is 0 Å². The van der Waals surface area contributed by atoms with Gasteiger partial charge in [-0.25, -0.2) is 4.79 Å². The summed E-state index contributed by atoms with van der Waals surface area (Å²) >= 11 is 6.31. The van der Waals surface area contributed by atoms with Gasteiger partial charge in [-0.2, -0.15) is 5.21 Å². The van der Waals surface area contributed by atoms with Crippen molar-refractivity contribution in [2.45, 2.75) is 32.3 Å². The molecule has 0 radical (unpaired) electrons. The summed E-state index contributed by atoms with van der Waals surface area (Å²) in [5.74, 6) is 0.760. The van der Waals surface area contributed by atoms with Crippen LogP contribution in [0.25, 0.3) is 11.0 Å². The molecule has 0 saturated carbocycles. The summed E-state index contributed by atoms with van der Waals surface area (Å²) in [7, 11) is 0. The minimum Gasteiger partial charge on any atom is -0.487 e. The van der Waals surface area contributed by atoms with Gasteiger partial charge in [0.15, 0.2) is 0 Å². The molecular formula is C15H12ClN4O3-. The van der Waals surface area contributed by atoms with Crippen LogP contribution in [0.4, 0.5) is 0 Å². The highest BCUT2D eigenvalue weighted by atomic mass is 35.5. The van der Waals surface area contributed by atoms with Crippen LogP contribution in [0, 0.1) is 0 Å². The van der Waals surface area contributed by atoms with E-state index >= 15 is 0 Å². The minimum atomic E-state index is -0.270. The summed E-state index contributed by atoms with van der Waals surface area (Å²) in [6.45, 7) is 0.0907. The number of benzene rings is 1. The summed E-state index contributed by atoms with van der Waals surface area (Å²) in [6.07, 6.45) is 3.71. The fraction of sp³-hybridized carbons (Fsp3) is 0.333. The normalized spacial score (nSPS) is 14.0. The summed E-state index contributed by atoms with van der Waals surface area (Å²) < 4.78 is 11.0. The zero-order valence-electron chi connectivity index (χ0n) is 12.1. The molecule has 0 fully saturated rings. The van der Waals surface area contributed by atoms with Crippen LogP contribution in [0.15, 0.2) is 21.3 Å². The zero-order chi connectivity index (χ0) is 15.8. The van der Waals surface area contributed by atoms with Gasteiger partial charge in [-0.1, -0.05) is 11.6 Å². The Morgan fingerprint density at radius 1 is 1.26 bits per heavy atom. The molecule has 2 aromatic heterocycles. The highest BCUT2D eigenvalue weighted by Gasteiger charge is 2.19. The molecule has 0 aliphatic heterocycles. The van der Waals surface area contributed by atoms with Gasteiger partial charge < -0.3 is 14.3 Å². The van der Waals surface area contributed by atoms with Gasteiger partial charge in [-0.05, 0) is 37.3 Å². The largest absolute Gasteiger partial charge is 0.487 e. The molecule has 23 heavy (non-hydrogen) atoms. The first-order chi connectivity index (χ1) is 11.2. The third-order valence-electron chi connectivity index (χ3n) is 3.99. The Kier molecular flexibility index (Phi) is 3.49. The zero-order valence-corrected chi connectivity index (χ0v) is 12.8. The van der Waals surface area contributed by atoms with Crippen LogP contribution >= 0.6 is 11.6 Å². The van der Waals surface area contributed by atoms with Crippen molar-refractivity contribution in [3.8, 4) is 5.75 Å². The Morgan fingerprint density at radius 2 is 2.09 bits per heavy atom. The molecule has 3 aromatic rings. The highest BCUT2D eigenvalue weighted by Crippen LogP contribution is 2.34. The van der Waals surface area contributed by atoms with Gasteiger partial charge in [0.05, 0.1) is 5.02 Å². The maximum absolute atomic E-state index is 12.1. The highest BCUT2D eigenvalue weighted by molar-refractivity contribution is 6.32. The molecule has 0 spiro atoms. The van der Waals surface area contributed by atoms with Gasteiger partial charge in [-0.15, -0.1) is 0 Å². The quantitative estimate of drug-likeness (QED) is 0.678. The molecule has 0 unspecified atom stereocenters. The lowest BCUT2D eigenvalue weighted by Crippen LogP contribution is -2.15. The lowest BCUT2D eigenvalue weighted by Gasteiger charge is -2.17. The Labute approximate surface area is 135 Å². The molecule has 1 aromatic carbocycles. The second kappa shape index (κ2) is 5.66. The van der Waals surface area contributed by atoms with Gasteiger partial charge in [0.25, 0.3) is 0 Å². The Balaban J connectivity index is 1.76. The second-order valence-corrected chi connectivity index (χ2v) is 5.82. The van der Waals surface area contributed by atoms with Crippen LogP contribution in [0.1, 0.15) is 29.8 Å². The van der Waals surface area contributed by atoms with Crippen molar-refractivity contribution in [3.05, 3.63) is 44.5 Å². The average molecular weight is 332 g/mol. The maximum atomic E-state index is 12.1. The molecule has 7 nitrogen and oxygen atoms in total. The van der Waals surface area contributed by atoms with Crippen molar-refractivity contribution in [3.63, 3.8) is 0 Å². The van der Waals surface area contributed by atoms with E-state index in [0.29, 0.717) is 22.2 Å². The number of fused-ring (bicyclic) bond motifs is 3. The first kappa shape index (κ1) is 14.2. The smallest absolute Gasteiger partial charge is 0.339 e. The standard InChI is InChI=1S/C15H12ClN4O3/c16-11-5-10-8-3-1-2-4-9(8)15(21)23-12(10)6-13(11)22-7-14-17-19-20-18-14/h5-6H,1-4,7H2/q-1. The molecule has 0 bridgehead atoms. The molecule has 2 heterocycles. The second-order valence-electron chi connectivity index (χ2n) is 5.42. The Hall–Kier alpha value is -2.41. The summed E-state index contributed by atoms with van der Waals surface area (Å²) in [4.78, 5) is 12.1. The van der Waals surface area contributed by atoms with Crippen molar-refractivity contribution in [1.82, 2.24) is 20.6 Å². The Bertz CT molecular complexity index is 921. The van der Waals surface area contributed by atoms with E-state index in [9.17, 15) is 4.79 Å². The topological polar surface area (TPSA) is 92.2 Å². The third-order valence-corrected chi connectivity index (χ3v) is 4.29. The number of aryl methyl sites for hydroxylation is 1. The van der Waals surface area contributed by atoms with Gasteiger partial charge >= 0.3 is 5.63 Å². The van der Waals surface area contributed by atoms with Crippen molar-refractivity contribution < 1.29 is 9.15 Å². The van der Waals surface area contributed by atoms with E-state index in [-0.39, 0.29) is 12.2 Å². The molecule has 1 aliphatic carbocycles. The number of ether oxygens (including phenoxy) is 1. The predicted octanol–water partition coefficient (Wildman–Crippen LogP) is 2.05. The fourth-order valence-corrected chi connectivity index (χ4v) is 3.14. The first-order valence-electron chi connectivity index (χ1n) is 7.31. The number of aromatic nitrogens is 4. The van der Waals surface area contributed by atoms with E-state index in [1.807, 2.05) is 0 Å². The molecule has 0 atom stereocenters. The molecular weight excluding hydrogens is 320 g/mol. The third kappa shape index (κ3) is 2.57. The number of hydrogen-bond donors (Lipinski definition) is 0. The SMILES string of the molecule is O=c1oc2cc(OCc3nnn[n-]3)c(Cl)cc2c2c1CCCC2. The molecule has 8 heteroatoms. The summed E-state index contributed by atoms with van der Waals surface area (Å²) in [6, 6.07) is 3.43. The molecule has 1 aliphatic rings. The van der Waals surface area contributed by atoms with E-state index < -0.39 is 0 Å². The number of nitrogens with zero attached hydrogens (tertiary/aromatic N) is 4. The van der Waals surface area contributed by atoms with Gasteiger partial charge in [0, 0.05) is 22.8 Å². The monoisotopic (exact) mass is 331 g/mol. The van der Waals surface area contributed by atoms with Crippen LogP contribution < -0.4 is 15.5 Å². The van der Waals surface area contributed by atoms with E-state index in [0.717, 1.165) is 42.2 Å². The maximum Gasteiger partial charge on any atom is 0.339 e. The van der Waals surface area contributed by atoms with E-state index in [2.05, 4.69) is 20.6 Å². The van der Waals surface area contributed by atoms with Crippen LogP contribution in [-0.2, 0) is 19.4 Å². The van der Waals surface area contributed by atoms with Crippen LogP contribution in [0.3, 0.4) is 0 Å². The number of tetrazole rings is 1. The fourth-order valence-electron chi connectivity index (χ4n) is 2.92. The number of hydrogen-bond acceptors (Lipinski definition) is 6. The van der Waals surface area contributed by atoms with Gasteiger partial charge in [0.2, 0.25) is 0 Å². The number of rotatable bonds is 3. The molecule has 0 amide bonds. The van der Waals surface area contributed by atoms with Crippen molar-refractivity contribution in [2.75, 3.05) is 0 Å². The van der Waals surface area contributed by atoms with Crippen LogP contribution in [-0.4, -0.2) is 15.5 Å². The van der Waals surface area contributed by atoms with Crippen molar-refractivity contribution in [2.24, 2.45) is 0 Å². The predicted molar refractivity (Wildman–Crippen MR) is 81.6 cm³/mol. The lowest BCUT2D eigenvalue weighted by atomic mass is 9.91. The van der Waals surface area contributed by atoms with Crippen LogP contribution in [0.5, 0.6) is 5.75 Å². The van der Waals surface area contributed by atoms with E-state index in [1.54, 1.807) is 12.1 Å². The van der Waals surface area contributed by atoms with Crippen molar-refractivity contribution >= 4 is 22.6 Å². The van der Waals surface area contributed by atoms with E-state index in [1.165, 1.54) is 0 Å². The Morgan fingerprint density at radius 3 is 2.87 bits per heavy atom. The molecule has 4 rings (SSSR count). The number of halogens is 1. The van der Waals surface area contributed by atoms with E-state index in [4.69, 9.17) is 20.8 Å². The minimum absolute atomic E-state index is 0.0907. The lowest BCUT2D eigenvalue weighted by molar-refractivity contribution is 0.295. The summed E-state index contributed by atoms with van der Waals surface area (Å²) in [5.41, 5.74) is 2.03. The molecule has 118 valence electrons.